The Morgan fingerprint density at radius 2 is 2.04 bits per heavy atom. The lowest BCUT2D eigenvalue weighted by atomic mass is 10.1. The van der Waals surface area contributed by atoms with Crippen molar-refractivity contribution in [2.24, 2.45) is 4.99 Å². The topological polar surface area (TPSA) is 49.3 Å². The number of halogens is 1. The van der Waals surface area contributed by atoms with Crippen molar-refractivity contribution in [3.05, 3.63) is 51.5 Å². The summed E-state index contributed by atoms with van der Waals surface area (Å²) < 4.78 is 0. The highest BCUT2D eigenvalue weighted by atomic mass is 127. The van der Waals surface area contributed by atoms with E-state index in [-0.39, 0.29) is 24.0 Å². The minimum atomic E-state index is 0. The number of rotatable bonds is 8. The molecule has 0 amide bonds. The average Bonchev–Trinajstić information content (AvgIpc) is 3.03. The normalized spacial score (nSPS) is 11.1. The van der Waals surface area contributed by atoms with Crippen LogP contribution in [0.2, 0.25) is 0 Å². The summed E-state index contributed by atoms with van der Waals surface area (Å²) in [5.74, 6) is 0.887. The van der Waals surface area contributed by atoms with Crippen LogP contribution in [0.5, 0.6) is 0 Å². The lowest BCUT2D eigenvalue weighted by molar-refractivity contribution is 0.796. The standard InChI is InChI=1S/C19H28N4S.HI/c1-4-17-14-23-18(24-17)10-12-22-19(20-5-2)21-11-9-16-8-6-7-15(3)13-16;/h6-8,13-14H,4-5,9-12H2,1-3H3,(H2,20,21,22);1H. The molecule has 0 atom stereocenters. The smallest absolute Gasteiger partial charge is 0.191 e. The van der Waals surface area contributed by atoms with E-state index in [9.17, 15) is 0 Å². The Balaban J connectivity index is 0.00000312. The summed E-state index contributed by atoms with van der Waals surface area (Å²) in [4.78, 5) is 10.4. The predicted octanol–water partition coefficient (Wildman–Crippen LogP) is 3.97. The molecule has 0 spiro atoms. The van der Waals surface area contributed by atoms with Crippen LogP contribution in [0.1, 0.15) is 34.9 Å². The SMILES string of the molecule is CCNC(=NCCc1ncc(CC)s1)NCCc1cccc(C)c1.I. The minimum Gasteiger partial charge on any atom is -0.357 e. The molecule has 25 heavy (non-hydrogen) atoms. The molecule has 0 saturated carbocycles. The van der Waals surface area contributed by atoms with Crippen LogP contribution < -0.4 is 10.6 Å². The summed E-state index contributed by atoms with van der Waals surface area (Å²) in [6.07, 6.45) is 4.94. The molecule has 0 saturated heterocycles. The van der Waals surface area contributed by atoms with Gasteiger partial charge >= 0.3 is 0 Å². The molecule has 0 aliphatic heterocycles. The third-order valence-corrected chi connectivity index (χ3v) is 4.88. The van der Waals surface area contributed by atoms with Crippen molar-refractivity contribution in [1.82, 2.24) is 15.6 Å². The van der Waals surface area contributed by atoms with E-state index < -0.39 is 0 Å². The minimum absolute atomic E-state index is 0. The molecule has 0 aliphatic carbocycles. The van der Waals surface area contributed by atoms with Crippen molar-refractivity contribution in [1.29, 1.82) is 0 Å². The van der Waals surface area contributed by atoms with Gasteiger partial charge in [-0.2, -0.15) is 0 Å². The Hall–Kier alpha value is -1.15. The maximum absolute atomic E-state index is 4.65. The van der Waals surface area contributed by atoms with Crippen molar-refractivity contribution < 1.29 is 0 Å². The van der Waals surface area contributed by atoms with Crippen LogP contribution in [0.25, 0.3) is 0 Å². The van der Waals surface area contributed by atoms with E-state index in [1.165, 1.54) is 21.0 Å². The lowest BCUT2D eigenvalue weighted by Gasteiger charge is -2.11. The second-order valence-electron chi connectivity index (χ2n) is 5.75. The molecule has 4 nitrogen and oxygen atoms in total. The van der Waals surface area contributed by atoms with E-state index in [2.05, 4.69) is 65.6 Å². The van der Waals surface area contributed by atoms with E-state index >= 15 is 0 Å². The van der Waals surface area contributed by atoms with Crippen molar-refractivity contribution >= 4 is 41.3 Å². The van der Waals surface area contributed by atoms with Gasteiger partial charge in [-0.15, -0.1) is 35.3 Å². The van der Waals surface area contributed by atoms with Gasteiger partial charge in [0.1, 0.15) is 0 Å². The molecule has 1 aromatic carbocycles. The Morgan fingerprint density at radius 3 is 2.72 bits per heavy atom. The lowest BCUT2D eigenvalue weighted by Crippen LogP contribution is -2.38. The zero-order chi connectivity index (χ0) is 17.2. The van der Waals surface area contributed by atoms with Crippen LogP contribution >= 0.6 is 35.3 Å². The Morgan fingerprint density at radius 1 is 1.20 bits per heavy atom. The highest BCUT2D eigenvalue weighted by molar-refractivity contribution is 14.0. The van der Waals surface area contributed by atoms with Crippen LogP contribution in [-0.4, -0.2) is 30.6 Å². The number of benzene rings is 1. The average molecular weight is 472 g/mol. The Bertz CT molecular complexity index is 654. The predicted molar refractivity (Wildman–Crippen MR) is 119 cm³/mol. The molecule has 0 fully saturated rings. The Labute approximate surface area is 172 Å². The van der Waals surface area contributed by atoms with Crippen molar-refractivity contribution in [2.45, 2.75) is 40.0 Å². The van der Waals surface area contributed by atoms with Gasteiger partial charge in [0.15, 0.2) is 5.96 Å². The highest BCUT2D eigenvalue weighted by Crippen LogP contribution is 2.13. The Kier molecular flexibility index (Phi) is 10.7. The number of aliphatic imine (C=N–C) groups is 1. The van der Waals surface area contributed by atoms with Crippen molar-refractivity contribution in [3.63, 3.8) is 0 Å². The summed E-state index contributed by atoms with van der Waals surface area (Å²) in [5.41, 5.74) is 2.66. The van der Waals surface area contributed by atoms with Gasteiger partial charge in [0.2, 0.25) is 0 Å². The maximum atomic E-state index is 4.65. The monoisotopic (exact) mass is 472 g/mol. The number of aryl methyl sites for hydroxylation is 2. The molecule has 1 heterocycles. The fourth-order valence-corrected chi connectivity index (χ4v) is 3.28. The molecule has 0 unspecified atom stereocenters. The van der Waals surface area contributed by atoms with Gasteiger partial charge in [0.25, 0.3) is 0 Å². The van der Waals surface area contributed by atoms with Crippen LogP contribution in [0.15, 0.2) is 35.5 Å². The third kappa shape index (κ3) is 8.18. The first-order valence-corrected chi connectivity index (χ1v) is 9.54. The fourth-order valence-electron chi connectivity index (χ4n) is 2.43. The van der Waals surface area contributed by atoms with Gasteiger partial charge in [-0.1, -0.05) is 36.8 Å². The van der Waals surface area contributed by atoms with E-state index in [0.29, 0.717) is 0 Å². The number of nitrogens with zero attached hydrogens (tertiary/aromatic N) is 2. The van der Waals surface area contributed by atoms with Crippen molar-refractivity contribution in [2.75, 3.05) is 19.6 Å². The second-order valence-corrected chi connectivity index (χ2v) is 6.95. The molecule has 0 bridgehead atoms. The van der Waals surface area contributed by atoms with E-state index in [1.54, 1.807) is 11.3 Å². The summed E-state index contributed by atoms with van der Waals surface area (Å²) in [6, 6.07) is 8.65. The molecule has 1 aromatic heterocycles. The van der Waals surface area contributed by atoms with E-state index in [0.717, 1.165) is 44.9 Å². The fraction of sp³-hybridized carbons (Fsp3) is 0.474. The molecule has 138 valence electrons. The highest BCUT2D eigenvalue weighted by Gasteiger charge is 2.01. The van der Waals surface area contributed by atoms with Crippen molar-refractivity contribution in [3.8, 4) is 0 Å². The molecular weight excluding hydrogens is 443 g/mol. The number of hydrogen-bond donors (Lipinski definition) is 2. The van der Waals surface area contributed by atoms with E-state index in [1.807, 2.05) is 6.20 Å². The quantitative estimate of drug-likeness (QED) is 0.347. The molecule has 6 heteroatoms. The van der Waals surface area contributed by atoms with Gasteiger partial charge < -0.3 is 10.6 Å². The number of aromatic nitrogens is 1. The molecular formula is C19H29IN4S. The summed E-state index contributed by atoms with van der Waals surface area (Å²) in [7, 11) is 0. The van der Waals surface area contributed by atoms with Gasteiger partial charge in [-0.05, 0) is 32.3 Å². The molecule has 2 N–H and O–H groups in total. The molecule has 2 aromatic rings. The molecule has 0 radical (unpaired) electrons. The first-order chi connectivity index (χ1) is 11.7. The zero-order valence-corrected chi connectivity index (χ0v) is 18.5. The summed E-state index contributed by atoms with van der Waals surface area (Å²) in [6.45, 7) is 8.89. The summed E-state index contributed by atoms with van der Waals surface area (Å²) >= 11 is 1.79. The molecule has 0 aliphatic rings. The second kappa shape index (κ2) is 12.2. The maximum Gasteiger partial charge on any atom is 0.191 e. The summed E-state index contributed by atoms with van der Waals surface area (Å²) in [5, 5.41) is 7.89. The number of guanidine groups is 1. The van der Waals surface area contributed by atoms with Gasteiger partial charge in [-0.3, -0.25) is 4.99 Å². The zero-order valence-electron chi connectivity index (χ0n) is 15.3. The number of hydrogen-bond acceptors (Lipinski definition) is 3. The van der Waals surface area contributed by atoms with Gasteiger partial charge in [0.05, 0.1) is 5.01 Å². The third-order valence-electron chi connectivity index (χ3n) is 3.68. The van der Waals surface area contributed by atoms with Crippen LogP contribution in [0, 0.1) is 6.92 Å². The first-order valence-electron chi connectivity index (χ1n) is 8.72. The van der Waals surface area contributed by atoms with Crippen LogP contribution in [0.3, 0.4) is 0 Å². The van der Waals surface area contributed by atoms with Gasteiger partial charge in [0, 0.05) is 37.1 Å². The number of nitrogens with one attached hydrogen (secondary N) is 2. The number of thiazole rings is 1. The largest absolute Gasteiger partial charge is 0.357 e. The molecule has 2 rings (SSSR count). The van der Waals surface area contributed by atoms with Crippen LogP contribution in [-0.2, 0) is 19.3 Å². The van der Waals surface area contributed by atoms with Crippen LogP contribution in [0.4, 0.5) is 0 Å². The van der Waals surface area contributed by atoms with E-state index in [4.69, 9.17) is 0 Å². The first kappa shape index (κ1) is 21.9. The van der Waals surface area contributed by atoms with Gasteiger partial charge in [-0.25, -0.2) is 4.98 Å².